The predicted molar refractivity (Wildman–Crippen MR) is 79.4 cm³/mol. The molecule has 1 fully saturated rings. The zero-order valence-electron chi connectivity index (χ0n) is 11.5. The second kappa shape index (κ2) is 6.88. The van der Waals surface area contributed by atoms with Crippen LogP contribution in [-0.4, -0.2) is 36.5 Å². The Morgan fingerprint density at radius 1 is 1.35 bits per heavy atom. The molecule has 1 aromatic rings. The summed E-state index contributed by atoms with van der Waals surface area (Å²) in [4.78, 5) is 25.8. The summed E-state index contributed by atoms with van der Waals surface area (Å²) >= 11 is 3.37. The van der Waals surface area contributed by atoms with Crippen molar-refractivity contribution in [2.45, 2.75) is 19.8 Å². The maximum Gasteiger partial charge on any atom is 0.309 e. The smallest absolute Gasteiger partial charge is 0.309 e. The van der Waals surface area contributed by atoms with Crippen LogP contribution < -0.4 is 0 Å². The first-order chi connectivity index (χ1) is 9.61. The Morgan fingerprint density at radius 2 is 2.05 bits per heavy atom. The molecule has 0 aromatic heterocycles. The number of hydrogen-bond donors (Lipinski definition) is 0. The first-order valence-corrected chi connectivity index (χ1v) is 7.62. The summed E-state index contributed by atoms with van der Waals surface area (Å²) in [5.74, 6) is -0.183. The fraction of sp³-hybridized carbons (Fsp3) is 0.467. The molecule has 1 amide bonds. The van der Waals surface area contributed by atoms with E-state index in [1.54, 1.807) is 4.90 Å². The molecule has 1 aliphatic heterocycles. The fourth-order valence-electron chi connectivity index (χ4n) is 2.38. The standard InChI is InChI=1S/C15H18BrNO3/c1-2-20-15(19)11-6-8-17(9-7-11)14(18)12-4-3-5-13(16)10-12/h3-5,10-11H,2,6-9H2,1H3. The number of hydrogen-bond acceptors (Lipinski definition) is 3. The molecule has 0 bridgehead atoms. The van der Waals surface area contributed by atoms with Gasteiger partial charge in [-0.15, -0.1) is 0 Å². The normalized spacial score (nSPS) is 16.0. The lowest BCUT2D eigenvalue weighted by molar-refractivity contribution is -0.149. The van der Waals surface area contributed by atoms with Gasteiger partial charge in [-0.3, -0.25) is 9.59 Å². The minimum absolute atomic E-state index is 0.0219. The van der Waals surface area contributed by atoms with Crippen molar-refractivity contribution in [1.82, 2.24) is 4.90 Å². The number of nitrogens with zero attached hydrogens (tertiary/aromatic N) is 1. The van der Waals surface area contributed by atoms with E-state index in [2.05, 4.69) is 15.9 Å². The molecule has 0 spiro atoms. The Bertz CT molecular complexity index is 496. The molecule has 0 radical (unpaired) electrons. The number of esters is 1. The summed E-state index contributed by atoms with van der Waals surface area (Å²) in [7, 11) is 0. The molecule has 20 heavy (non-hydrogen) atoms. The Labute approximate surface area is 127 Å². The fourth-order valence-corrected chi connectivity index (χ4v) is 2.78. The van der Waals surface area contributed by atoms with E-state index in [9.17, 15) is 9.59 Å². The number of halogens is 1. The van der Waals surface area contributed by atoms with Crippen LogP contribution in [0.3, 0.4) is 0 Å². The average molecular weight is 340 g/mol. The van der Waals surface area contributed by atoms with Crippen LogP contribution in [0.4, 0.5) is 0 Å². The van der Waals surface area contributed by atoms with Crippen molar-refractivity contribution in [1.29, 1.82) is 0 Å². The van der Waals surface area contributed by atoms with Gasteiger partial charge in [0.05, 0.1) is 12.5 Å². The number of rotatable bonds is 3. The lowest BCUT2D eigenvalue weighted by atomic mass is 9.96. The molecule has 0 atom stereocenters. The second-order valence-corrected chi connectivity index (χ2v) is 5.74. The topological polar surface area (TPSA) is 46.6 Å². The number of piperidine rings is 1. The van der Waals surface area contributed by atoms with Gasteiger partial charge in [-0.25, -0.2) is 0 Å². The summed E-state index contributed by atoms with van der Waals surface area (Å²) in [5.41, 5.74) is 0.675. The van der Waals surface area contributed by atoms with E-state index in [4.69, 9.17) is 4.74 Å². The van der Waals surface area contributed by atoms with Gasteiger partial charge in [0.25, 0.3) is 5.91 Å². The minimum atomic E-state index is -0.137. The summed E-state index contributed by atoms with van der Waals surface area (Å²) in [6.07, 6.45) is 1.36. The first-order valence-electron chi connectivity index (χ1n) is 6.83. The molecule has 1 heterocycles. The van der Waals surface area contributed by atoms with Gasteiger partial charge in [0.15, 0.2) is 0 Å². The second-order valence-electron chi connectivity index (χ2n) is 4.83. The Hall–Kier alpha value is -1.36. The predicted octanol–water partition coefficient (Wildman–Crippen LogP) is 2.86. The summed E-state index contributed by atoms with van der Waals surface area (Å²) in [6, 6.07) is 7.37. The molecule has 108 valence electrons. The first kappa shape index (κ1) is 15.0. The average Bonchev–Trinajstić information content (AvgIpc) is 2.47. The molecule has 0 saturated carbocycles. The van der Waals surface area contributed by atoms with Crippen molar-refractivity contribution in [3.63, 3.8) is 0 Å². The van der Waals surface area contributed by atoms with Crippen LogP contribution in [0, 0.1) is 5.92 Å². The van der Waals surface area contributed by atoms with Gasteiger partial charge in [0, 0.05) is 23.1 Å². The van der Waals surface area contributed by atoms with E-state index in [1.807, 2.05) is 31.2 Å². The van der Waals surface area contributed by atoms with Gasteiger partial charge in [0.1, 0.15) is 0 Å². The molecule has 1 aliphatic rings. The third-order valence-corrected chi connectivity index (χ3v) is 3.97. The third-order valence-electron chi connectivity index (χ3n) is 3.47. The number of ether oxygens (including phenoxy) is 1. The van der Waals surface area contributed by atoms with Crippen molar-refractivity contribution >= 4 is 27.8 Å². The number of benzene rings is 1. The van der Waals surface area contributed by atoms with Crippen molar-refractivity contribution in [3.8, 4) is 0 Å². The van der Waals surface area contributed by atoms with E-state index in [0.717, 1.165) is 4.47 Å². The highest BCUT2D eigenvalue weighted by Crippen LogP contribution is 2.21. The summed E-state index contributed by atoms with van der Waals surface area (Å²) in [6.45, 7) is 3.43. The van der Waals surface area contributed by atoms with E-state index < -0.39 is 0 Å². The molecule has 0 N–H and O–H groups in total. The van der Waals surface area contributed by atoms with Crippen LogP contribution in [0.5, 0.6) is 0 Å². The van der Waals surface area contributed by atoms with E-state index in [1.165, 1.54) is 0 Å². The van der Waals surface area contributed by atoms with Crippen molar-refractivity contribution in [3.05, 3.63) is 34.3 Å². The van der Waals surface area contributed by atoms with Gasteiger partial charge in [-0.1, -0.05) is 22.0 Å². The lowest BCUT2D eigenvalue weighted by Gasteiger charge is -2.31. The van der Waals surface area contributed by atoms with Gasteiger partial charge in [-0.05, 0) is 38.0 Å². The van der Waals surface area contributed by atoms with Crippen LogP contribution in [0.2, 0.25) is 0 Å². The van der Waals surface area contributed by atoms with Gasteiger partial charge < -0.3 is 9.64 Å². The SMILES string of the molecule is CCOC(=O)C1CCN(C(=O)c2cccc(Br)c2)CC1. The molecule has 4 nitrogen and oxygen atoms in total. The number of carbonyl (C=O) groups excluding carboxylic acids is 2. The molecule has 0 unspecified atom stereocenters. The van der Waals surface area contributed by atoms with E-state index in [-0.39, 0.29) is 17.8 Å². The van der Waals surface area contributed by atoms with E-state index >= 15 is 0 Å². The molecule has 0 aliphatic carbocycles. The highest BCUT2D eigenvalue weighted by Gasteiger charge is 2.28. The Kier molecular flexibility index (Phi) is 5.17. The van der Waals surface area contributed by atoms with Crippen LogP contribution in [0.1, 0.15) is 30.1 Å². The van der Waals surface area contributed by atoms with Crippen LogP contribution in [-0.2, 0) is 9.53 Å². The molecule has 1 saturated heterocycles. The lowest BCUT2D eigenvalue weighted by Crippen LogP contribution is -2.40. The number of carbonyl (C=O) groups is 2. The van der Waals surface area contributed by atoms with Crippen molar-refractivity contribution < 1.29 is 14.3 Å². The van der Waals surface area contributed by atoms with E-state index in [0.29, 0.717) is 38.1 Å². The molecule has 5 heteroatoms. The maximum absolute atomic E-state index is 12.3. The monoisotopic (exact) mass is 339 g/mol. The van der Waals surface area contributed by atoms with Crippen molar-refractivity contribution in [2.75, 3.05) is 19.7 Å². The quantitative estimate of drug-likeness (QED) is 0.795. The van der Waals surface area contributed by atoms with Gasteiger partial charge >= 0.3 is 5.97 Å². The highest BCUT2D eigenvalue weighted by molar-refractivity contribution is 9.10. The zero-order chi connectivity index (χ0) is 14.5. The molecular weight excluding hydrogens is 322 g/mol. The maximum atomic E-state index is 12.3. The highest BCUT2D eigenvalue weighted by atomic mass is 79.9. The molecule has 1 aromatic carbocycles. The number of likely N-dealkylation sites (tertiary alicyclic amines) is 1. The van der Waals surface area contributed by atoms with Crippen molar-refractivity contribution in [2.24, 2.45) is 5.92 Å². The van der Waals surface area contributed by atoms with Crippen LogP contribution in [0.25, 0.3) is 0 Å². The molecule has 2 rings (SSSR count). The summed E-state index contributed by atoms with van der Waals surface area (Å²) < 4.78 is 5.92. The Balaban J connectivity index is 1.93. The van der Waals surface area contributed by atoms with Gasteiger partial charge in [-0.2, -0.15) is 0 Å². The van der Waals surface area contributed by atoms with Crippen LogP contribution in [0.15, 0.2) is 28.7 Å². The van der Waals surface area contributed by atoms with Crippen LogP contribution >= 0.6 is 15.9 Å². The van der Waals surface area contributed by atoms with Gasteiger partial charge in [0.2, 0.25) is 0 Å². The zero-order valence-corrected chi connectivity index (χ0v) is 13.1. The largest absolute Gasteiger partial charge is 0.466 e. The number of amides is 1. The third kappa shape index (κ3) is 3.60. The Morgan fingerprint density at radius 3 is 2.65 bits per heavy atom. The minimum Gasteiger partial charge on any atom is -0.466 e. The summed E-state index contributed by atoms with van der Waals surface area (Å²) in [5, 5.41) is 0. The molecular formula is C15H18BrNO3.